The molecule has 6 nitrogen and oxygen atoms in total. The molecule has 0 saturated heterocycles. The molecule has 64 heavy (non-hydrogen) atoms. The first-order valence-corrected chi connectivity index (χ1v) is 28.9. The van der Waals surface area contributed by atoms with Crippen molar-refractivity contribution in [1.29, 1.82) is 0 Å². The van der Waals surface area contributed by atoms with E-state index in [9.17, 15) is 14.4 Å². The van der Waals surface area contributed by atoms with Gasteiger partial charge in [-0.2, -0.15) is 0 Å². The molecule has 1 atom stereocenters. The monoisotopic (exact) mass is 905 g/mol. The van der Waals surface area contributed by atoms with E-state index < -0.39 is 6.10 Å². The quantitative estimate of drug-likeness (QED) is 0.0344. The van der Waals surface area contributed by atoms with E-state index in [-0.39, 0.29) is 31.1 Å². The van der Waals surface area contributed by atoms with Crippen molar-refractivity contribution in [2.24, 2.45) is 5.92 Å². The Bertz CT molecular complexity index is 964. The highest BCUT2D eigenvalue weighted by atomic mass is 16.6. The van der Waals surface area contributed by atoms with Gasteiger partial charge in [-0.25, -0.2) is 0 Å². The third-order valence-electron chi connectivity index (χ3n) is 13.3. The normalized spacial score (nSPS) is 12.0. The Morgan fingerprint density at radius 2 is 0.516 bits per heavy atom. The summed E-state index contributed by atoms with van der Waals surface area (Å²) in [5.41, 5.74) is 0. The molecule has 6 heteroatoms. The molecule has 0 rings (SSSR count). The second-order valence-electron chi connectivity index (χ2n) is 20.4. The molecule has 0 saturated carbocycles. The van der Waals surface area contributed by atoms with Crippen LogP contribution in [0.2, 0.25) is 0 Å². The zero-order chi connectivity index (χ0) is 46.7. The van der Waals surface area contributed by atoms with Crippen molar-refractivity contribution >= 4 is 17.9 Å². The van der Waals surface area contributed by atoms with Gasteiger partial charge in [0.2, 0.25) is 0 Å². The van der Waals surface area contributed by atoms with Crippen molar-refractivity contribution in [3.8, 4) is 0 Å². The fraction of sp³-hybridized carbons (Fsp3) is 0.948. The van der Waals surface area contributed by atoms with Crippen molar-refractivity contribution in [1.82, 2.24) is 0 Å². The van der Waals surface area contributed by atoms with Gasteiger partial charge in [0.05, 0.1) is 0 Å². The van der Waals surface area contributed by atoms with E-state index in [1.54, 1.807) is 0 Å². The van der Waals surface area contributed by atoms with Crippen LogP contribution in [0, 0.1) is 5.92 Å². The fourth-order valence-corrected chi connectivity index (χ4v) is 8.92. The molecule has 380 valence electrons. The van der Waals surface area contributed by atoms with Gasteiger partial charge < -0.3 is 14.2 Å². The van der Waals surface area contributed by atoms with Gasteiger partial charge in [-0.05, 0) is 25.2 Å². The highest BCUT2D eigenvalue weighted by molar-refractivity contribution is 5.71. The number of ether oxygens (including phenoxy) is 3. The minimum atomic E-state index is -0.761. The van der Waals surface area contributed by atoms with Gasteiger partial charge in [0.1, 0.15) is 13.2 Å². The largest absolute Gasteiger partial charge is 0.462 e. The third kappa shape index (κ3) is 51.4. The molecule has 0 unspecified atom stereocenters. The van der Waals surface area contributed by atoms with E-state index in [0.29, 0.717) is 19.3 Å². The van der Waals surface area contributed by atoms with Crippen molar-refractivity contribution in [2.75, 3.05) is 13.2 Å². The van der Waals surface area contributed by atoms with Crippen molar-refractivity contribution in [2.45, 2.75) is 336 Å². The lowest BCUT2D eigenvalue weighted by atomic mass is 10.0. The predicted octanol–water partition coefficient (Wildman–Crippen LogP) is 19.0. The number of rotatable bonds is 53. The Kier molecular flexibility index (Phi) is 51.1. The fourth-order valence-electron chi connectivity index (χ4n) is 8.92. The average Bonchev–Trinajstić information content (AvgIpc) is 3.28. The molecule has 0 radical (unpaired) electrons. The van der Waals surface area contributed by atoms with E-state index >= 15 is 0 Å². The van der Waals surface area contributed by atoms with Crippen LogP contribution in [0.4, 0.5) is 0 Å². The zero-order valence-electron chi connectivity index (χ0n) is 43.8. The lowest BCUT2D eigenvalue weighted by molar-refractivity contribution is -0.167. The van der Waals surface area contributed by atoms with Crippen LogP contribution in [0.25, 0.3) is 0 Å². The first-order chi connectivity index (χ1) is 31.4. The van der Waals surface area contributed by atoms with Gasteiger partial charge >= 0.3 is 17.9 Å². The molecule has 0 aliphatic carbocycles. The van der Waals surface area contributed by atoms with Gasteiger partial charge in [-0.1, -0.05) is 291 Å². The summed E-state index contributed by atoms with van der Waals surface area (Å²) in [4.78, 5) is 38.1. The summed E-state index contributed by atoms with van der Waals surface area (Å²) in [5.74, 6) is 0.0175. The second-order valence-corrected chi connectivity index (χ2v) is 20.4. The van der Waals surface area contributed by atoms with Crippen LogP contribution in [0.1, 0.15) is 329 Å². The summed E-state index contributed by atoms with van der Waals surface area (Å²) < 4.78 is 16.9. The van der Waals surface area contributed by atoms with E-state index in [1.807, 2.05) is 0 Å². The van der Waals surface area contributed by atoms with E-state index in [2.05, 4.69) is 27.7 Å². The standard InChI is InChI=1S/C58H112O6/c1-5-7-9-11-13-15-17-19-22-26-30-33-37-41-45-49-56(59)62-52-55(64-58(61)51-47-43-39-35-29-18-16-14-12-10-8-6-2)53-63-57(60)50-46-42-38-34-31-27-24-21-20-23-25-28-32-36-40-44-48-54(3)4/h54-55H,5-53H2,1-4H3/t55-/m0/s1. The maximum absolute atomic E-state index is 12.8. The van der Waals surface area contributed by atoms with Crippen molar-refractivity contribution in [3.63, 3.8) is 0 Å². The van der Waals surface area contributed by atoms with Crippen LogP contribution in [0.15, 0.2) is 0 Å². The molecule has 0 aromatic rings. The predicted molar refractivity (Wildman–Crippen MR) is 275 cm³/mol. The molecular formula is C58H112O6. The Morgan fingerprint density at radius 3 is 0.766 bits per heavy atom. The smallest absolute Gasteiger partial charge is 0.306 e. The molecule has 0 bridgehead atoms. The van der Waals surface area contributed by atoms with E-state index in [4.69, 9.17) is 14.2 Å². The summed E-state index contributed by atoms with van der Waals surface area (Å²) in [6.07, 6.45) is 56.6. The summed E-state index contributed by atoms with van der Waals surface area (Å²) in [7, 11) is 0. The number of hydrogen-bond donors (Lipinski definition) is 0. The van der Waals surface area contributed by atoms with Crippen LogP contribution >= 0.6 is 0 Å². The molecule has 0 amide bonds. The van der Waals surface area contributed by atoms with Gasteiger partial charge in [0.25, 0.3) is 0 Å². The first-order valence-electron chi connectivity index (χ1n) is 28.9. The van der Waals surface area contributed by atoms with Crippen molar-refractivity contribution in [3.05, 3.63) is 0 Å². The first kappa shape index (κ1) is 62.4. The minimum absolute atomic E-state index is 0.0618. The summed E-state index contributed by atoms with van der Waals surface area (Å²) in [5, 5.41) is 0. The summed E-state index contributed by atoms with van der Waals surface area (Å²) in [6, 6.07) is 0. The lowest BCUT2D eigenvalue weighted by Crippen LogP contribution is -2.30. The van der Waals surface area contributed by atoms with Gasteiger partial charge in [0.15, 0.2) is 6.10 Å². The Balaban J connectivity index is 4.25. The Labute approximate surface area is 399 Å². The Morgan fingerprint density at radius 1 is 0.297 bits per heavy atom. The number of hydrogen-bond acceptors (Lipinski definition) is 6. The molecule has 0 heterocycles. The Hall–Kier alpha value is -1.59. The summed E-state index contributed by atoms with van der Waals surface area (Å²) >= 11 is 0. The van der Waals surface area contributed by atoms with Gasteiger partial charge in [-0.15, -0.1) is 0 Å². The van der Waals surface area contributed by atoms with Gasteiger partial charge in [-0.3, -0.25) is 14.4 Å². The molecule has 0 aliphatic rings. The minimum Gasteiger partial charge on any atom is -0.462 e. The van der Waals surface area contributed by atoms with E-state index in [0.717, 1.165) is 63.7 Å². The van der Waals surface area contributed by atoms with Crippen molar-refractivity contribution < 1.29 is 28.6 Å². The van der Waals surface area contributed by atoms with Crippen LogP contribution in [0.3, 0.4) is 0 Å². The van der Waals surface area contributed by atoms with Crippen LogP contribution < -0.4 is 0 Å². The third-order valence-corrected chi connectivity index (χ3v) is 13.3. The summed E-state index contributed by atoms with van der Waals surface area (Å²) in [6.45, 7) is 9.07. The SMILES string of the molecule is CCCCCCCCCCCCCCCCCC(=O)OC[C@@H](COC(=O)CCCCCCCCCCCCCCCCCCC(C)C)OC(=O)CCCCCCCCCCCCCC. The molecule has 0 N–H and O–H groups in total. The van der Waals surface area contributed by atoms with E-state index in [1.165, 1.54) is 225 Å². The molecule has 0 fully saturated rings. The number of esters is 3. The lowest BCUT2D eigenvalue weighted by Gasteiger charge is -2.18. The van der Waals surface area contributed by atoms with Gasteiger partial charge in [0, 0.05) is 19.3 Å². The van der Waals surface area contributed by atoms with Crippen LogP contribution in [0.5, 0.6) is 0 Å². The molecular weight excluding hydrogens is 793 g/mol. The molecule has 0 aromatic carbocycles. The highest BCUT2D eigenvalue weighted by Crippen LogP contribution is 2.18. The second kappa shape index (κ2) is 52.4. The highest BCUT2D eigenvalue weighted by Gasteiger charge is 2.19. The average molecular weight is 906 g/mol. The maximum Gasteiger partial charge on any atom is 0.306 e. The molecule has 0 aromatic heterocycles. The van der Waals surface area contributed by atoms with Crippen LogP contribution in [-0.4, -0.2) is 37.2 Å². The maximum atomic E-state index is 12.8. The zero-order valence-corrected chi connectivity index (χ0v) is 43.8. The number of carbonyl (C=O) groups excluding carboxylic acids is 3. The number of unbranched alkanes of at least 4 members (excludes halogenated alkanes) is 40. The molecule has 0 spiro atoms. The van der Waals surface area contributed by atoms with Crippen LogP contribution in [-0.2, 0) is 28.6 Å². The number of carbonyl (C=O) groups is 3. The molecule has 0 aliphatic heterocycles. The topological polar surface area (TPSA) is 78.9 Å².